The van der Waals surface area contributed by atoms with Crippen LogP contribution in [0, 0.1) is 0 Å². The van der Waals surface area contributed by atoms with Gasteiger partial charge in [0.25, 0.3) is 0 Å². The number of H-pyrrole nitrogens is 2. The lowest BCUT2D eigenvalue weighted by molar-refractivity contribution is -0.143. The molecule has 1 fully saturated rings. The normalized spacial score (nSPS) is 16.4. The van der Waals surface area contributed by atoms with Crippen LogP contribution in [0.5, 0.6) is 5.75 Å². The number of rotatable bonds is 12. The summed E-state index contributed by atoms with van der Waals surface area (Å²) >= 11 is 0. The molecule has 12 nitrogen and oxygen atoms in total. The lowest BCUT2D eigenvalue weighted by Gasteiger charge is -2.29. The van der Waals surface area contributed by atoms with Crippen molar-refractivity contribution in [1.82, 2.24) is 25.5 Å². The van der Waals surface area contributed by atoms with E-state index in [1.165, 1.54) is 17.0 Å². The highest BCUT2D eigenvalue weighted by Crippen LogP contribution is 2.23. The number of aliphatic carboxylic acids is 1. The van der Waals surface area contributed by atoms with E-state index in [4.69, 9.17) is 5.73 Å². The van der Waals surface area contributed by atoms with E-state index in [0.29, 0.717) is 19.4 Å². The zero-order chi connectivity index (χ0) is 33.8. The number of carbonyl (C=O) groups excluding carboxylic acids is 3. The molecule has 48 heavy (non-hydrogen) atoms. The molecule has 0 radical (unpaired) electrons. The highest BCUT2D eigenvalue weighted by Gasteiger charge is 2.38. The number of hydrogen-bond acceptors (Lipinski definition) is 6. The number of carbonyl (C=O) groups is 4. The number of hydrogen-bond donors (Lipinski definition) is 7. The molecular formula is C36H38N6O6. The van der Waals surface area contributed by atoms with Crippen LogP contribution < -0.4 is 16.4 Å². The molecule has 6 rings (SSSR count). The van der Waals surface area contributed by atoms with Crippen LogP contribution in [0.2, 0.25) is 0 Å². The molecule has 2 aromatic heterocycles. The molecule has 0 spiro atoms. The molecular weight excluding hydrogens is 612 g/mol. The summed E-state index contributed by atoms with van der Waals surface area (Å²) in [5.41, 5.74) is 10.3. The van der Waals surface area contributed by atoms with Crippen molar-refractivity contribution in [2.75, 3.05) is 6.54 Å². The first-order valence-corrected chi connectivity index (χ1v) is 16.0. The number of phenols is 1. The number of fused-ring (bicyclic) bond motifs is 2. The Hall–Kier alpha value is -5.62. The summed E-state index contributed by atoms with van der Waals surface area (Å²) in [5.74, 6) is -2.65. The molecule has 1 aliphatic rings. The summed E-state index contributed by atoms with van der Waals surface area (Å²) in [6.07, 6.45) is 4.82. The predicted molar refractivity (Wildman–Crippen MR) is 180 cm³/mol. The van der Waals surface area contributed by atoms with Crippen molar-refractivity contribution >= 4 is 45.5 Å². The van der Waals surface area contributed by atoms with Gasteiger partial charge in [0, 0.05) is 53.6 Å². The Balaban J connectivity index is 1.20. The Morgan fingerprint density at radius 2 is 1.40 bits per heavy atom. The van der Waals surface area contributed by atoms with E-state index in [1.54, 1.807) is 24.5 Å². The zero-order valence-corrected chi connectivity index (χ0v) is 26.2. The zero-order valence-electron chi connectivity index (χ0n) is 26.2. The first-order valence-electron chi connectivity index (χ1n) is 16.0. The van der Waals surface area contributed by atoms with Gasteiger partial charge in [0.1, 0.15) is 23.9 Å². The van der Waals surface area contributed by atoms with Gasteiger partial charge >= 0.3 is 5.97 Å². The minimum atomic E-state index is -1.26. The van der Waals surface area contributed by atoms with Crippen molar-refractivity contribution in [2.45, 2.75) is 56.3 Å². The van der Waals surface area contributed by atoms with Gasteiger partial charge in [-0.2, -0.15) is 0 Å². The van der Waals surface area contributed by atoms with E-state index in [0.717, 1.165) is 38.5 Å². The fourth-order valence-corrected chi connectivity index (χ4v) is 6.48. The number of nitrogens with two attached hydrogens (primary N) is 1. The standard InChI is InChI=1S/C36H38N6O6/c37-27(16-21-11-13-24(43)14-12-21)35(46)42-15-5-10-32(42)34(45)40-30(17-22-19-38-28-8-3-1-6-25(22)28)33(44)41-31(36(47)48)18-23-20-39-29-9-4-2-7-26(23)29/h1-4,6-9,11-14,19-20,27,30-32,38-39,43H,5,10,15-18,37H2,(H,40,45)(H,41,44)(H,47,48). The number of likely N-dealkylation sites (tertiary alicyclic amines) is 1. The lowest BCUT2D eigenvalue weighted by Crippen LogP contribution is -2.57. The quantitative estimate of drug-likeness (QED) is 0.108. The number of aromatic nitrogens is 2. The third-order valence-corrected chi connectivity index (χ3v) is 8.99. The van der Waals surface area contributed by atoms with Gasteiger partial charge in [-0.1, -0.05) is 48.5 Å². The van der Waals surface area contributed by atoms with Crippen LogP contribution in [0.15, 0.2) is 85.2 Å². The summed E-state index contributed by atoms with van der Waals surface area (Å²) in [6, 6.07) is 17.3. The molecule has 1 saturated heterocycles. The van der Waals surface area contributed by atoms with Crippen molar-refractivity contribution in [3.63, 3.8) is 0 Å². The fourth-order valence-electron chi connectivity index (χ4n) is 6.48. The number of aromatic hydroxyl groups is 1. The average Bonchev–Trinajstić information content (AvgIpc) is 3.84. The van der Waals surface area contributed by atoms with Gasteiger partial charge in [0.15, 0.2) is 0 Å². The number of carboxylic acids is 1. The minimum Gasteiger partial charge on any atom is -0.508 e. The Morgan fingerprint density at radius 3 is 2.00 bits per heavy atom. The van der Waals surface area contributed by atoms with Gasteiger partial charge < -0.3 is 41.4 Å². The number of carboxylic acid groups (broad SMARTS) is 1. The minimum absolute atomic E-state index is 0.0304. The molecule has 3 heterocycles. The summed E-state index contributed by atoms with van der Waals surface area (Å²) < 4.78 is 0. The van der Waals surface area contributed by atoms with Gasteiger partial charge in [-0.3, -0.25) is 14.4 Å². The molecule has 0 bridgehead atoms. The lowest BCUT2D eigenvalue weighted by atomic mass is 10.0. The monoisotopic (exact) mass is 650 g/mol. The Bertz CT molecular complexity index is 1950. The van der Waals surface area contributed by atoms with E-state index < -0.39 is 42.0 Å². The first kappa shape index (κ1) is 32.3. The van der Waals surface area contributed by atoms with Crippen LogP contribution in [-0.2, 0) is 38.4 Å². The van der Waals surface area contributed by atoms with E-state index >= 15 is 0 Å². The second-order valence-corrected chi connectivity index (χ2v) is 12.3. The maximum atomic E-state index is 13.9. The fraction of sp³-hybridized carbons (Fsp3) is 0.278. The SMILES string of the molecule is NC(Cc1ccc(O)cc1)C(=O)N1CCCC1C(=O)NC(Cc1c[nH]c2ccccc12)C(=O)NC(Cc1c[nH]c2ccccc12)C(=O)O. The van der Waals surface area contributed by atoms with E-state index in [9.17, 15) is 29.4 Å². The molecule has 5 aromatic rings. The number of para-hydroxylation sites is 2. The average molecular weight is 651 g/mol. The molecule has 3 amide bonds. The van der Waals surface area contributed by atoms with Gasteiger partial charge in [0.05, 0.1) is 6.04 Å². The molecule has 4 unspecified atom stereocenters. The smallest absolute Gasteiger partial charge is 0.326 e. The van der Waals surface area contributed by atoms with Crippen LogP contribution in [0.3, 0.4) is 0 Å². The molecule has 3 aromatic carbocycles. The topological polar surface area (TPSA) is 194 Å². The van der Waals surface area contributed by atoms with Gasteiger partial charge in [-0.25, -0.2) is 4.79 Å². The van der Waals surface area contributed by atoms with E-state index in [-0.39, 0.29) is 30.9 Å². The molecule has 0 aliphatic carbocycles. The van der Waals surface area contributed by atoms with Crippen molar-refractivity contribution < 1.29 is 29.4 Å². The van der Waals surface area contributed by atoms with Crippen LogP contribution >= 0.6 is 0 Å². The van der Waals surface area contributed by atoms with Crippen molar-refractivity contribution in [3.05, 3.63) is 102 Å². The Labute approximate surface area is 276 Å². The summed E-state index contributed by atoms with van der Waals surface area (Å²) in [4.78, 5) is 61.3. The third kappa shape index (κ3) is 7.03. The van der Waals surface area contributed by atoms with E-state index in [1.807, 2.05) is 48.5 Å². The summed E-state index contributed by atoms with van der Waals surface area (Å²) in [6.45, 7) is 0.339. The molecule has 8 N–H and O–H groups in total. The van der Waals surface area contributed by atoms with Crippen molar-refractivity contribution in [3.8, 4) is 5.75 Å². The number of amides is 3. The molecule has 0 saturated carbocycles. The number of nitrogens with one attached hydrogen (secondary N) is 4. The largest absolute Gasteiger partial charge is 0.508 e. The third-order valence-electron chi connectivity index (χ3n) is 8.99. The van der Waals surface area contributed by atoms with Gasteiger partial charge in [-0.15, -0.1) is 0 Å². The van der Waals surface area contributed by atoms with Gasteiger partial charge in [-0.05, 0) is 60.2 Å². The Kier molecular flexibility index (Phi) is 9.44. The predicted octanol–water partition coefficient (Wildman–Crippen LogP) is 2.76. The molecule has 4 atom stereocenters. The molecule has 248 valence electrons. The maximum Gasteiger partial charge on any atom is 0.326 e. The van der Waals surface area contributed by atoms with Crippen LogP contribution in [0.4, 0.5) is 0 Å². The number of benzene rings is 3. The maximum absolute atomic E-state index is 13.9. The van der Waals surface area contributed by atoms with Gasteiger partial charge in [0.2, 0.25) is 17.7 Å². The highest BCUT2D eigenvalue weighted by atomic mass is 16.4. The summed E-state index contributed by atoms with van der Waals surface area (Å²) in [7, 11) is 0. The number of aromatic amines is 2. The second-order valence-electron chi connectivity index (χ2n) is 12.3. The molecule has 12 heteroatoms. The Morgan fingerprint density at radius 1 is 0.812 bits per heavy atom. The number of nitrogens with zero attached hydrogens (tertiary/aromatic N) is 1. The van der Waals surface area contributed by atoms with Crippen molar-refractivity contribution in [1.29, 1.82) is 0 Å². The highest BCUT2D eigenvalue weighted by molar-refractivity contribution is 5.95. The first-order chi connectivity index (χ1) is 23.2. The second kappa shape index (κ2) is 14.0. The number of phenolic OH excluding ortho intramolecular Hbond substituents is 1. The van der Waals surface area contributed by atoms with Crippen LogP contribution in [0.1, 0.15) is 29.5 Å². The van der Waals surface area contributed by atoms with E-state index in [2.05, 4.69) is 20.6 Å². The van der Waals surface area contributed by atoms with Crippen LogP contribution in [0.25, 0.3) is 21.8 Å². The van der Waals surface area contributed by atoms with Crippen molar-refractivity contribution in [2.24, 2.45) is 5.73 Å². The summed E-state index contributed by atoms with van der Waals surface area (Å²) in [5, 5.41) is 26.9. The van der Waals surface area contributed by atoms with Crippen LogP contribution in [-0.4, -0.2) is 79.5 Å². The molecule has 1 aliphatic heterocycles.